The molecule has 4 nitrogen and oxygen atoms in total. The Morgan fingerprint density at radius 2 is 2.54 bits per heavy atom. The zero-order valence-corrected chi connectivity index (χ0v) is 7.93. The molecule has 1 aromatic rings. The Bertz CT molecular complexity index is 281. The summed E-state index contributed by atoms with van der Waals surface area (Å²) in [7, 11) is 0.637. The molecule has 1 aliphatic heterocycles. The summed E-state index contributed by atoms with van der Waals surface area (Å²) in [6.45, 7) is 4.87. The van der Waals surface area contributed by atoms with Gasteiger partial charge in [-0.05, 0) is 19.9 Å². The van der Waals surface area contributed by atoms with Crippen LogP contribution in [-0.2, 0) is 9.69 Å². The highest BCUT2D eigenvalue weighted by Gasteiger charge is 2.25. The second-order valence-electron chi connectivity index (χ2n) is 3.56. The van der Waals surface area contributed by atoms with Crippen LogP contribution in [0.15, 0.2) is 12.3 Å². The average molecular weight is 180 g/mol. The molecule has 1 saturated heterocycles. The second-order valence-corrected chi connectivity index (χ2v) is 3.56. The number of hydrogen-bond donors (Lipinski definition) is 0. The van der Waals surface area contributed by atoms with Crippen LogP contribution in [0, 0.1) is 0 Å². The number of nitrogens with zero attached hydrogens (tertiary/aromatic N) is 2. The van der Waals surface area contributed by atoms with Gasteiger partial charge in [-0.15, -0.1) is 0 Å². The Morgan fingerprint density at radius 1 is 1.69 bits per heavy atom. The van der Waals surface area contributed by atoms with Gasteiger partial charge < -0.3 is 4.81 Å². The quantitative estimate of drug-likeness (QED) is 0.499. The molecule has 1 fully saturated rings. The summed E-state index contributed by atoms with van der Waals surface area (Å²) in [5.41, 5.74) is 1.20. The predicted octanol–water partition coefficient (Wildman–Crippen LogP) is 0.818. The van der Waals surface area contributed by atoms with Crippen LogP contribution in [-0.4, -0.2) is 23.9 Å². The third kappa shape index (κ3) is 1.62. The minimum atomic E-state index is 0.338. The molecule has 0 amide bonds. The molecule has 0 saturated carbocycles. The van der Waals surface area contributed by atoms with Crippen molar-refractivity contribution in [1.29, 1.82) is 0 Å². The summed E-state index contributed by atoms with van der Waals surface area (Å²) in [6.07, 6.45) is 1.83. The van der Waals surface area contributed by atoms with E-state index in [4.69, 9.17) is 9.69 Å². The van der Waals surface area contributed by atoms with Gasteiger partial charge >= 0.3 is 7.48 Å². The fourth-order valence-corrected chi connectivity index (χ4v) is 1.56. The van der Waals surface area contributed by atoms with E-state index < -0.39 is 0 Å². The molecule has 13 heavy (non-hydrogen) atoms. The molecule has 2 heterocycles. The number of rotatable bonds is 2. The standard InChI is InChI=1S/C8H13BN2O2/c1-6(2)11-8(3-4-10-11)7-5-12-13-9-7/h3-4,6-7,9H,5H2,1-2H3. The van der Waals surface area contributed by atoms with Crippen LogP contribution in [0.3, 0.4) is 0 Å². The van der Waals surface area contributed by atoms with Crippen molar-refractivity contribution < 1.29 is 9.69 Å². The van der Waals surface area contributed by atoms with Gasteiger partial charge in [0.05, 0.1) is 6.61 Å². The highest BCUT2D eigenvalue weighted by Crippen LogP contribution is 2.21. The van der Waals surface area contributed by atoms with Gasteiger partial charge in [-0.25, -0.2) is 0 Å². The van der Waals surface area contributed by atoms with E-state index >= 15 is 0 Å². The van der Waals surface area contributed by atoms with E-state index in [0.29, 0.717) is 25.9 Å². The Kier molecular flexibility index (Phi) is 2.37. The van der Waals surface area contributed by atoms with E-state index in [0.717, 1.165) is 0 Å². The van der Waals surface area contributed by atoms with Crippen LogP contribution < -0.4 is 0 Å². The maximum absolute atomic E-state index is 4.87. The Morgan fingerprint density at radius 3 is 3.15 bits per heavy atom. The van der Waals surface area contributed by atoms with Gasteiger partial charge in [-0.2, -0.15) is 5.10 Å². The summed E-state index contributed by atoms with van der Waals surface area (Å²) in [5.74, 6) is 0.338. The molecule has 0 bridgehead atoms. The zero-order chi connectivity index (χ0) is 9.26. The maximum atomic E-state index is 4.87. The van der Waals surface area contributed by atoms with Crippen molar-refractivity contribution in [1.82, 2.24) is 9.78 Å². The lowest BCUT2D eigenvalue weighted by atomic mass is 9.79. The molecule has 1 atom stereocenters. The smallest absolute Gasteiger partial charge is 0.309 e. The van der Waals surface area contributed by atoms with Gasteiger partial charge in [-0.1, -0.05) is 0 Å². The van der Waals surface area contributed by atoms with Crippen molar-refractivity contribution in [3.8, 4) is 0 Å². The van der Waals surface area contributed by atoms with Crippen molar-refractivity contribution in [3.63, 3.8) is 0 Å². The summed E-state index contributed by atoms with van der Waals surface area (Å²) >= 11 is 0. The van der Waals surface area contributed by atoms with Crippen molar-refractivity contribution in [2.75, 3.05) is 6.61 Å². The van der Waals surface area contributed by atoms with E-state index in [9.17, 15) is 0 Å². The summed E-state index contributed by atoms with van der Waals surface area (Å²) < 4.78 is 2.02. The first-order valence-corrected chi connectivity index (χ1v) is 4.57. The lowest BCUT2D eigenvalue weighted by Gasteiger charge is -2.12. The maximum Gasteiger partial charge on any atom is 0.334 e. The number of hydrogen-bond acceptors (Lipinski definition) is 3. The lowest BCUT2D eigenvalue weighted by Crippen LogP contribution is -2.14. The van der Waals surface area contributed by atoms with Crippen molar-refractivity contribution in [3.05, 3.63) is 18.0 Å². The van der Waals surface area contributed by atoms with Gasteiger partial charge in [0.2, 0.25) is 0 Å². The van der Waals surface area contributed by atoms with Crippen LogP contribution in [0.1, 0.15) is 31.4 Å². The molecule has 2 rings (SSSR count). The third-order valence-corrected chi connectivity index (χ3v) is 2.23. The number of aromatic nitrogens is 2. The van der Waals surface area contributed by atoms with Crippen LogP contribution in [0.2, 0.25) is 0 Å². The highest BCUT2D eigenvalue weighted by atomic mass is 17.2. The largest absolute Gasteiger partial charge is 0.334 e. The van der Waals surface area contributed by atoms with Crippen LogP contribution in [0.5, 0.6) is 0 Å². The molecule has 1 aliphatic rings. The molecule has 5 heteroatoms. The molecule has 0 radical (unpaired) electrons. The van der Waals surface area contributed by atoms with Crippen molar-refractivity contribution >= 4 is 7.48 Å². The van der Waals surface area contributed by atoms with Gasteiger partial charge in [0.25, 0.3) is 0 Å². The second kappa shape index (κ2) is 3.51. The van der Waals surface area contributed by atoms with Crippen molar-refractivity contribution in [2.45, 2.75) is 25.7 Å². The SMILES string of the molecule is CC(C)n1nccc1C1BOOC1. The monoisotopic (exact) mass is 180 g/mol. The molecule has 1 unspecified atom stereocenters. The topological polar surface area (TPSA) is 36.3 Å². The van der Waals surface area contributed by atoms with Crippen molar-refractivity contribution in [2.24, 2.45) is 0 Å². The fourth-order valence-electron chi connectivity index (χ4n) is 1.56. The summed E-state index contributed by atoms with van der Waals surface area (Å²) in [5, 5.41) is 4.27. The van der Waals surface area contributed by atoms with E-state index in [2.05, 4.69) is 18.9 Å². The average Bonchev–Trinajstić information content (AvgIpc) is 2.74. The molecule has 0 spiro atoms. The Labute approximate surface area is 78.0 Å². The van der Waals surface area contributed by atoms with E-state index in [1.807, 2.05) is 16.9 Å². The van der Waals surface area contributed by atoms with Gasteiger partial charge in [0, 0.05) is 23.7 Å². The normalized spacial score (nSPS) is 22.2. The fraction of sp³-hybridized carbons (Fsp3) is 0.625. The molecular formula is C8H13BN2O2. The summed E-state index contributed by atoms with van der Waals surface area (Å²) in [4.78, 5) is 9.75. The predicted molar refractivity (Wildman–Crippen MR) is 49.5 cm³/mol. The van der Waals surface area contributed by atoms with Crippen LogP contribution >= 0.6 is 0 Å². The highest BCUT2D eigenvalue weighted by molar-refractivity contribution is 6.30. The molecule has 0 aliphatic carbocycles. The lowest BCUT2D eigenvalue weighted by molar-refractivity contribution is -0.183. The van der Waals surface area contributed by atoms with E-state index in [1.54, 1.807) is 0 Å². The minimum absolute atomic E-state index is 0.338. The molecule has 0 aromatic carbocycles. The van der Waals surface area contributed by atoms with Crippen LogP contribution in [0.4, 0.5) is 0 Å². The van der Waals surface area contributed by atoms with Gasteiger partial charge in [0.1, 0.15) is 0 Å². The first-order chi connectivity index (χ1) is 6.29. The Hall–Kier alpha value is -0.805. The summed E-state index contributed by atoms with van der Waals surface area (Å²) in [6, 6.07) is 2.42. The molecule has 0 N–H and O–H groups in total. The van der Waals surface area contributed by atoms with Gasteiger partial charge in [-0.3, -0.25) is 9.57 Å². The third-order valence-electron chi connectivity index (χ3n) is 2.23. The molecule has 1 aromatic heterocycles. The minimum Gasteiger partial charge on any atom is -0.309 e. The molecular weight excluding hydrogens is 167 g/mol. The Balaban J connectivity index is 2.23. The van der Waals surface area contributed by atoms with E-state index in [-0.39, 0.29) is 0 Å². The van der Waals surface area contributed by atoms with Crippen LogP contribution in [0.25, 0.3) is 0 Å². The van der Waals surface area contributed by atoms with Gasteiger partial charge in [0.15, 0.2) is 0 Å². The first kappa shape index (κ1) is 8.78. The van der Waals surface area contributed by atoms with E-state index in [1.165, 1.54) is 5.69 Å². The first-order valence-electron chi connectivity index (χ1n) is 4.57. The zero-order valence-electron chi connectivity index (χ0n) is 7.93. The molecule has 70 valence electrons.